The summed E-state index contributed by atoms with van der Waals surface area (Å²) in [6.45, 7) is 9.66. The minimum Gasteiger partial charge on any atom is -0.399 e. The van der Waals surface area contributed by atoms with Crippen molar-refractivity contribution in [1.82, 2.24) is 0 Å². The van der Waals surface area contributed by atoms with E-state index in [1.165, 1.54) is 12.0 Å². The summed E-state index contributed by atoms with van der Waals surface area (Å²) >= 11 is 0. The van der Waals surface area contributed by atoms with Crippen molar-refractivity contribution in [3.8, 4) is 0 Å². The van der Waals surface area contributed by atoms with Crippen LogP contribution in [0.15, 0.2) is 28.5 Å². The highest BCUT2D eigenvalue weighted by molar-refractivity contribution is 5.84. The van der Waals surface area contributed by atoms with Crippen molar-refractivity contribution < 1.29 is 19.1 Å². The third-order valence-corrected chi connectivity index (χ3v) is 9.94. The maximum atomic E-state index is 12.3. The van der Waals surface area contributed by atoms with Crippen molar-refractivity contribution in [1.29, 1.82) is 0 Å². The molecule has 0 N–H and O–H groups in total. The van der Waals surface area contributed by atoms with E-state index in [-0.39, 0.29) is 22.3 Å². The average molecular weight is 426 g/mol. The highest BCUT2D eigenvalue weighted by atomic mass is 16.8. The summed E-state index contributed by atoms with van der Waals surface area (Å²) in [6, 6.07) is 0. The monoisotopic (exact) mass is 425 g/mol. The quantitative estimate of drug-likeness (QED) is 0.366. The molecule has 3 saturated carbocycles. The molecule has 1 spiro atoms. The maximum Gasteiger partial charge on any atom is 0.163 e. The molecule has 1 saturated heterocycles. The van der Waals surface area contributed by atoms with Crippen LogP contribution in [0.2, 0.25) is 0 Å². The predicted octanol–water partition coefficient (Wildman–Crippen LogP) is 4.67. The van der Waals surface area contributed by atoms with E-state index < -0.39 is 5.79 Å². The lowest BCUT2D eigenvalue weighted by molar-refractivity contribution is -0.197. The lowest BCUT2D eigenvalue weighted by atomic mass is 9.48. The van der Waals surface area contributed by atoms with Crippen LogP contribution in [0.1, 0.15) is 59.8 Å². The molecular weight excluding hydrogens is 390 g/mol. The van der Waals surface area contributed by atoms with Gasteiger partial charge in [0.15, 0.2) is 5.79 Å². The molecule has 0 aromatic heterocycles. The number of rotatable bonds is 2. The van der Waals surface area contributed by atoms with Gasteiger partial charge in [0.2, 0.25) is 0 Å². The lowest BCUT2D eigenvalue weighted by Gasteiger charge is -2.57. The molecular formula is C26H35NO4. The van der Waals surface area contributed by atoms with E-state index in [0.29, 0.717) is 48.9 Å². The average Bonchev–Trinajstić information content (AvgIpc) is 3.38. The topological polar surface area (TPSA) is 57.1 Å². The van der Waals surface area contributed by atoms with Crippen LogP contribution in [0.25, 0.3) is 0 Å². The Morgan fingerprint density at radius 2 is 2.06 bits per heavy atom. The van der Waals surface area contributed by atoms with Crippen LogP contribution in [0.4, 0.5) is 0 Å². The summed E-state index contributed by atoms with van der Waals surface area (Å²) < 4.78 is 13.0. The number of nitrogens with zero attached hydrogens (tertiary/aromatic N) is 1. The van der Waals surface area contributed by atoms with Gasteiger partial charge in [0.1, 0.15) is 18.5 Å². The molecule has 5 heteroatoms. The second-order valence-corrected chi connectivity index (χ2v) is 11.8. The number of fused-ring (bicyclic) bond motifs is 9. The fourth-order valence-electron chi connectivity index (χ4n) is 8.45. The van der Waals surface area contributed by atoms with Crippen molar-refractivity contribution in [3.05, 3.63) is 23.3 Å². The Hall–Kier alpha value is -1.46. The normalized spacial score (nSPS) is 51.6. The lowest BCUT2D eigenvalue weighted by Crippen LogP contribution is -2.56. The number of ether oxygens (including phenoxy) is 2. The van der Waals surface area contributed by atoms with Gasteiger partial charge in [-0.3, -0.25) is 4.79 Å². The number of allylic oxidation sites excluding steroid dienone is 4. The van der Waals surface area contributed by atoms with Crippen molar-refractivity contribution in [2.75, 3.05) is 13.7 Å². The zero-order valence-electron chi connectivity index (χ0n) is 19.4. The number of ketones is 1. The molecule has 2 unspecified atom stereocenters. The Kier molecular flexibility index (Phi) is 3.97. The van der Waals surface area contributed by atoms with E-state index in [4.69, 9.17) is 14.3 Å². The van der Waals surface area contributed by atoms with Gasteiger partial charge in [-0.05, 0) is 56.8 Å². The fourth-order valence-corrected chi connectivity index (χ4v) is 8.45. The SMILES string of the molecule is CON=C[C@@H]1C=C2CC(=O)CC[C@]2(C)C2=CC[C@@]3(C)C(C21)[C@@H]1C[C@@H]1[C@@]31COC(C)(C)O1. The first-order chi connectivity index (χ1) is 14.7. The first-order valence-corrected chi connectivity index (χ1v) is 12.0. The van der Waals surface area contributed by atoms with Crippen LogP contribution >= 0.6 is 0 Å². The zero-order valence-corrected chi connectivity index (χ0v) is 19.4. The van der Waals surface area contributed by atoms with Gasteiger partial charge in [-0.1, -0.05) is 42.3 Å². The molecule has 0 amide bonds. The molecule has 0 radical (unpaired) electrons. The van der Waals surface area contributed by atoms with Crippen LogP contribution in [-0.4, -0.2) is 37.1 Å². The van der Waals surface area contributed by atoms with Gasteiger partial charge in [-0.25, -0.2) is 0 Å². The number of hydrogen-bond acceptors (Lipinski definition) is 5. The highest BCUT2D eigenvalue weighted by Crippen LogP contribution is 2.78. The molecule has 4 fully saturated rings. The molecule has 0 bridgehead atoms. The van der Waals surface area contributed by atoms with Gasteiger partial charge in [0.25, 0.3) is 0 Å². The Morgan fingerprint density at radius 1 is 1.26 bits per heavy atom. The van der Waals surface area contributed by atoms with Crippen LogP contribution in [0.5, 0.6) is 0 Å². The molecule has 5 aliphatic carbocycles. The van der Waals surface area contributed by atoms with E-state index in [9.17, 15) is 4.79 Å². The summed E-state index contributed by atoms with van der Waals surface area (Å²) in [6.07, 6.45) is 11.4. The van der Waals surface area contributed by atoms with Gasteiger partial charge in [-0.15, -0.1) is 0 Å². The molecule has 0 aromatic rings. The predicted molar refractivity (Wildman–Crippen MR) is 117 cm³/mol. The third kappa shape index (κ3) is 2.45. The van der Waals surface area contributed by atoms with Gasteiger partial charge >= 0.3 is 0 Å². The standard InChI is InChI=1S/C26H35NO4/c1-23(2)30-14-26(31-23)20-12-18(20)22-21-15(13-27-29-5)10-16-11-17(28)6-8-24(16,3)19(21)7-9-25(22,26)4/h7,10,13,15,18,20-22H,6,8-9,11-12,14H2,1-5H3/t15-,18+,20-,21?,22?,24-,25-,26-/m0/s1. The van der Waals surface area contributed by atoms with Crippen LogP contribution in [-0.2, 0) is 19.1 Å². The summed E-state index contributed by atoms with van der Waals surface area (Å²) in [7, 11) is 1.61. The van der Waals surface area contributed by atoms with E-state index in [2.05, 4.69) is 45.0 Å². The Labute approximate surface area is 185 Å². The molecule has 1 heterocycles. The molecule has 0 aromatic carbocycles. The highest BCUT2D eigenvalue weighted by Gasteiger charge is 2.79. The molecule has 168 valence electrons. The van der Waals surface area contributed by atoms with E-state index in [1.54, 1.807) is 12.7 Å². The van der Waals surface area contributed by atoms with E-state index >= 15 is 0 Å². The zero-order chi connectivity index (χ0) is 21.8. The minimum atomic E-state index is -0.513. The Bertz CT molecular complexity index is 934. The first-order valence-electron chi connectivity index (χ1n) is 12.0. The molecule has 8 atom stereocenters. The van der Waals surface area contributed by atoms with Crippen molar-refractivity contribution >= 4 is 12.0 Å². The van der Waals surface area contributed by atoms with Gasteiger partial charge in [0, 0.05) is 29.6 Å². The summed E-state index contributed by atoms with van der Waals surface area (Å²) in [4.78, 5) is 17.4. The molecule has 6 aliphatic rings. The van der Waals surface area contributed by atoms with Gasteiger partial charge < -0.3 is 14.3 Å². The number of hydrogen-bond donors (Lipinski definition) is 0. The van der Waals surface area contributed by atoms with Crippen molar-refractivity contribution in [3.63, 3.8) is 0 Å². The second kappa shape index (κ2) is 6.11. The Morgan fingerprint density at radius 3 is 2.77 bits per heavy atom. The molecule has 6 rings (SSSR count). The van der Waals surface area contributed by atoms with Gasteiger partial charge in [0.05, 0.1) is 12.8 Å². The van der Waals surface area contributed by atoms with E-state index in [0.717, 1.165) is 12.8 Å². The van der Waals surface area contributed by atoms with E-state index in [1.807, 2.05) is 6.21 Å². The number of Topliss-reactive ketones (excluding diaryl/α,β-unsaturated/α-hetero) is 1. The maximum absolute atomic E-state index is 12.3. The number of carbonyl (C=O) groups excluding carboxylic acids is 1. The minimum absolute atomic E-state index is 0.00373. The van der Waals surface area contributed by atoms with Crippen LogP contribution < -0.4 is 0 Å². The third-order valence-electron chi connectivity index (χ3n) is 9.94. The summed E-state index contributed by atoms with van der Waals surface area (Å²) in [5.41, 5.74) is 2.71. The number of oxime groups is 1. The first kappa shape index (κ1) is 20.2. The largest absolute Gasteiger partial charge is 0.399 e. The summed E-state index contributed by atoms with van der Waals surface area (Å²) in [5.74, 6) is 2.21. The summed E-state index contributed by atoms with van der Waals surface area (Å²) in [5, 5.41) is 4.22. The smallest absolute Gasteiger partial charge is 0.163 e. The fraction of sp³-hybridized carbons (Fsp3) is 0.769. The van der Waals surface area contributed by atoms with Crippen LogP contribution in [0.3, 0.4) is 0 Å². The molecule has 31 heavy (non-hydrogen) atoms. The van der Waals surface area contributed by atoms with Crippen molar-refractivity contribution in [2.24, 2.45) is 45.6 Å². The van der Waals surface area contributed by atoms with Crippen molar-refractivity contribution in [2.45, 2.75) is 71.2 Å². The second-order valence-electron chi connectivity index (χ2n) is 11.8. The molecule has 1 aliphatic heterocycles. The molecule has 5 nitrogen and oxygen atoms in total. The van der Waals surface area contributed by atoms with Crippen LogP contribution in [0, 0.1) is 40.4 Å². The number of carbonyl (C=O) groups is 1. The van der Waals surface area contributed by atoms with Gasteiger partial charge in [-0.2, -0.15) is 0 Å². The Balaban J connectivity index is 1.48.